The Hall–Kier alpha value is -4.37. The van der Waals surface area contributed by atoms with Crippen molar-refractivity contribution in [3.05, 3.63) is 93.9 Å². The fourth-order valence-corrected chi connectivity index (χ4v) is 4.30. The summed E-state index contributed by atoms with van der Waals surface area (Å²) < 4.78 is 25.0. The number of halogens is 2. The number of ether oxygens (including phenoxy) is 2. The number of anilines is 1. The van der Waals surface area contributed by atoms with Gasteiger partial charge in [0.05, 0.1) is 11.6 Å². The molecule has 1 fully saturated rings. The molecule has 4 rings (SSSR count). The van der Waals surface area contributed by atoms with Crippen LogP contribution in [0.4, 0.5) is 14.9 Å². The third kappa shape index (κ3) is 6.74. The van der Waals surface area contributed by atoms with Crippen LogP contribution in [0, 0.1) is 5.82 Å². The minimum Gasteiger partial charge on any atom is -0.490 e. The van der Waals surface area contributed by atoms with Gasteiger partial charge in [-0.3, -0.25) is 9.59 Å². The smallest absolute Gasteiger partial charge is 0.329 e. The molecule has 0 bridgehead atoms. The van der Waals surface area contributed by atoms with Crippen LogP contribution in [0.1, 0.15) is 30.5 Å². The van der Waals surface area contributed by atoms with E-state index in [0.29, 0.717) is 35.6 Å². The Morgan fingerprint density at radius 2 is 1.87 bits per heavy atom. The van der Waals surface area contributed by atoms with Crippen LogP contribution in [0.5, 0.6) is 11.5 Å². The van der Waals surface area contributed by atoms with Gasteiger partial charge in [0, 0.05) is 5.69 Å². The van der Waals surface area contributed by atoms with Crippen molar-refractivity contribution in [3.63, 3.8) is 0 Å². The molecule has 0 aromatic heterocycles. The topological polar surface area (TPSA) is 97.0 Å². The van der Waals surface area contributed by atoms with E-state index in [1.165, 1.54) is 18.2 Å². The van der Waals surface area contributed by atoms with Crippen molar-refractivity contribution in [2.75, 3.05) is 18.5 Å². The number of nitrogens with zero attached hydrogens (tertiary/aromatic N) is 1. The monoisotopic (exact) mass is 551 g/mol. The van der Waals surface area contributed by atoms with Crippen LogP contribution in [-0.4, -0.2) is 35.9 Å². The summed E-state index contributed by atoms with van der Waals surface area (Å²) in [5, 5.41) is 5.46. The van der Waals surface area contributed by atoms with E-state index in [1.807, 2.05) is 19.1 Å². The number of imide groups is 1. The molecule has 4 amide bonds. The van der Waals surface area contributed by atoms with E-state index in [9.17, 15) is 18.8 Å². The lowest BCUT2D eigenvalue weighted by Gasteiger charge is -2.15. The molecule has 0 aliphatic carbocycles. The Labute approximate surface area is 230 Å². The molecule has 0 radical (unpaired) electrons. The summed E-state index contributed by atoms with van der Waals surface area (Å²) in [6.07, 6.45) is 2.16. The summed E-state index contributed by atoms with van der Waals surface area (Å²) >= 11 is 6.47. The average Bonchev–Trinajstić information content (AvgIpc) is 3.16. The first-order valence-electron chi connectivity index (χ1n) is 12.3. The van der Waals surface area contributed by atoms with Gasteiger partial charge < -0.3 is 20.1 Å². The number of carbonyl (C=O) groups excluding carboxylic acids is 3. The lowest BCUT2D eigenvalue weighted by Crippen LogP contribution is -2.38. The Balaban J connectivity index is 1.49. The molecule has 8 nitrogen and oxygen atoms in total. The molecule has 1 aliphatic heterocycles. The van der Waals surface area contributed by atoms with E-state index in [-0.39, 0.29) is 28.9 Å². The number of aryl methyl sites for hydroxylation is 1. The molecule has 10 heteroatoms. The van der Waals surface area contributed by atoms with Crippen LogP contribution in [0.15, 0.2) is 66.4 Å². The maximum absolute atomic E-state index is 13.5. The quantitative estimate of drug-likeness (QED) is 0.254. The molecule has 202 valence electrons. The standard InChI is InChI=1S/C29H27ClFN3O5/c1-3-20-9-5-6-11-23(20)32-26(35)16-34-28(36)24(33-29(34)37)14-19-13-22(30)27(25(15-19)38-4-2)39-17-18-8-7-10-21(31)12-18/h5-15H,3-4,16-17H2,1-2H3,(H,32,35)(H,33,37)/b24-14+. The molecule has 0 atom stereocenters. The molecule has 0 saturated carbocycles. The highest BCUT2D eigenvalue weighted by Gasteiger charge is 2.35. The second-order valence-corrected chi connectivity index (χ2v) is 9.03. The molecule has 2 N–H and O–H groups in total. The van der Waals surface area contributed by atoms with Gasteiger partial charge in [-0.25, -0.2) is 14.1 Å². The number of para-hydroxylation sites is 1. The molecular weight excluding hydrogens is 525 g/mol. The van der Waals surface area contributed by atoms with Gasteiger partial charge in [-0.1, -0.05) is 48.9 Å². The van der Waals surface area contributed by atoms with Crippen LogP contribution in [0.2, 0.25) is 5.02 Å². The predicted octanol–water partition coefficient (Wildman–Crippen LogP) is 5.55. The van der Waals surface area contributed by atoms with E-state index >= 15 is 0 Å². The van der Waals surface area contributed by atoms with Crippen LogP contribution < -0.4 is 20.1 Å². The lowest BCUT2D eigenvalue weighted by molar-refractivity contribution is -0.127. The SMILES string of the molecule is CCOc1cc(/C=C2/NC(=O)N(CC(=O)Nc3ccccc3CC)C2=O)cc(Cl)c1OCc1cccc(F)c1. The van der Waals surface area contributed by atoms with Crippen molar-refractivity contribution >= 4 is 41.2 Å². The molecule has 3 aromatic rings. The first-order valence-corrected chi connectivity index (χ1v) is 12.7. The summed E-state index contributed by atoms with van der Waals surface area (Å²) in [5.74, 6) is -0.954. The Bertz CT molecular complexity index is 1440. The molecular formula is C29H27ClFN3O5. The zero-order valence-electron chi connectivity index (χ0n) is 21.4. The fourth-order valence-electron chi connectivity index (χ4n) is 4.02. The Kier molecular flexibility index (Phi) is 8.83. The van der Waals surface area contributed by atoms with Crippen molar-refractivity contribution in [2.45, 2.75) is 26.9 Å². The van der Waals surface area contributed by atoms with Crippen molar-refractivity contribution in [1.29, 1.82) is 0 Å². The molecule has 39 heavy (non-hydrogen) atoms. The first-order chi connectivity index (χ1) is 18.8. The zero-order valence-corrected chi connectivity index (χ0v) is 22.2. The van der Waals surface area contributed by atoms with Crippen LogP contribution in [0.25, 0.3) is 6.08 Å². The molecule has 0 unspecified atom stereocenters. The van der Waals surface area contributed by atoms with E-state index in [2.05, 4.69) is 10.6 Å². The van der Waals surface area contributed by atoms with Gasteiger partial charge in [0.15, 0.2) is 11.5 Å². The summed E-state index contributed by atoms with van der Waals surface area (Å²) in [6.45, 7) is 3.68. The van der Waals surface area contributed by atoms with Gasteiger partial charge >= 0.3 is 6.03 Å². The Morgan fingerprint density at radius 3 is 2.62 bits per heavy atom. The molecule has 3 aromatic carbocycles. The van der Waals surface area contributed by atoms with Gasteiger partial charge in [-0.15, -0.1) is 0 Å². The predicted molar refractivity (Wildman–Crippen MR) is 146 cm³/mol. The van der Waals surface area contributed by atoms with Crippen molar-refractivity contribution in [2.24, 2.45) is 0 Å². The number of nitrogens with one attached hydrogen (secondary N) is 2. The van der Waals surface area contributed by atoms with Crippen LogP contribution in [0.3, 0.4) is 0 Å². The summed E-state index contributed by atoms with van der Waals surface area (Å²) in [4.78, 5) is 38.9. The number of hydrogen-bond donors (Lipinski definition) is 2. The van der Waals surface area contributed by atoms with Crippen molar-refractivity contribution in [3.8, 4) is 11.5 Å². The zero-order chi connectivity index (χ0) is 27.9. The number of amides is 4. The minimum atomic E-state index is -0.712. The van der Waals surface area contributed by atoms with Gasteiger partial charge in [0.2, 0.25) is 5.91 Å². The maximum atomic E-state index is 13.5. The second-order valence-electron chi connectivity index (χ2n) is 8.62. The highest BCUT2D eigenvalue weighted by molar-refractivity contribution is 6.32. The van der Waals surface area contributed by atoms with Crippen molar-refractivity contribution < 1.29 is 28.2 Å². The number of carbonyl (C=O) groups is 3. The lowest BCUT2D eigenvalue weighted by atomic mass is 10.1. The highest BCUT2D eigenvalue weighted by atomic mass is 35.5. The maximum Gasteiger partial charge on any atom is 0.329 e. The Morgan fingerprint density at radius 1 is 1.08 bits per heavy atom. The van der Waals surface area contributed by atoms with E-state index in [1.54, 1.807) is 43.3 Å². The number of benzene rings is 3. The summed E-state index contributed by atoms with van der Waals surface area (Å²) in [5.41, 5.74) is 2.63. The first kappa shape index (κ1) is 27.7. The summed E-state index contributed by atoms with van der Waals surface area (Å²) in [7, 11) is 0. The molecule has 1 saturated heterocycles. The third-order valence-electron chi connectivity index (χ3n) is 5.85. The van der Waals surface area contributed by atoms with Crippen LogP contribution in [-0.2, 0) is 22.6 Å². The number of rotatable bonds is 10. The van der Waals surface area contributed by atoms with Gasteiger partial charge in [0.1, 0.15) is 24.7 Å². The number of hydrogen-bond acceptors (Lipinski definition) is 5. The molecule has 1 heterocycles. The normalized spacial score (nSPS) is 13.9. The summed E-state index contributed by atoms with van der Waals surface area (Å²) in [6, 6.07) is 15.8. The van der Waals surface area contributed by atoms with E-state index in [0.717, 1.165) is 10.5 Å². The third-order valence-corrected chi connectivity index (χ3v) is 6.13. The fraction of sp³-hybridized carbons (Fsp3) is 0.207. The molecule has 0 spiro atoms. The van der Waals surface area contributed by atoms with Gasteiger partial charge in [0.25, 0.3) is 5.91 Å². The second kappa shape index (κ2) is 12.4. The van der Waals surface area contributed by atoms with Gasteiger partial charge in [-0.2, -0.15) is 0 Å². The largest absolute Gasteiger partial charge is 0.490 e. The van der Waals surface area contributed by atoms with Gasteiger partial charge in [-0.05, 0) is 66.4 Å². The van der Waals surface area contributed by atoms with E-state index < -0.39 is 24.4 Å². The molecule has 1 aliphatic rings. The number of urea groups is 1. The van der Waals surface area contributed by atoms with E-state index in [4.69, 9.17) is 21.1 Å². The minimum absolute atomic E-state index is 0.0197. The highest BCUT2D eigenvalue weighted by Crippen LogP contribution is 2.38. The average molecular weight is 552 g/mol. The van der Waals surface area contributed by atoms with Crippen LogP contribution >= 0.6 is 11.6 Å². The van der Waals surface area contributed by atoms with Crippen molar-refractivity contribution in [1.82, 2.24) is 10.2 Å².